The molecule has 0 spiro atoms. The number of ketones is 2. The van der Waals surface area contributed by atoms with Gasteiger partial charge in [-0.2, -0.15) is 0 Å². The molecular formula is C30H30Cl3NO4. The minimum atomic E-state index is -0.454. The minimum absolute atomic E-state index is 0.109. The Bertz CT molecular complexity index is 1320. The predicted octanol–water partition coefficient (Wildman–Crippen LogP) is 8.06. The van der Waals surface area contributed by atoms with Gasteiger partial charge in [-0.25, -0.2) is 0 Å². The number of nitrogens with zero attached hydrogens (tertiary/aromatic N) is 1. The molecule has 0 unspecified atom stereocenters. The Balaban J connectivity index is 1.58. The number of Topliss-reactive ketones (excluding diaryl/α,β-unsaturated/α-hetero) is 2. The molecule has 38 heavy (non-hydrogen) atoms. The highest BCUT2D eigenvalue weighted by Crippen LogP contribution is 2.51. The summed E-state index contributed by atoms with van der Waals surface area (Å²) < 4.78 is 11.8. The molecule has 2 aromatic carbocycles. The normalized spacial score (nSPS) is 18.1. The molecule has 0 amide bonds. The SMILES string of the molecule is CCCN1C2=C(C(=O)CCC2)C(c2cc(Cl)c(OCc3ccc(Cl)c(Cl)c3)c(OC)c2)C2=C1CCCC2=O. The Kier molecular flexibility index (Phi) is 8.08. The molecular weight excluding hydrogens is 545 g/mol. The smallest absolute Gasteiger partial charge is 0.180 e. The van der Waals surface area contributed by atoms with Crippen LogP contribution in [0, 0.1) is 0 Å². The van der Waals surface area contributed by atoms with Gasteiger partial charge in [-0.15, -0.1) is 0 Å². The van der Waals surface area contributed by atoms with E-state index in [1.807, 2.05) is 18.2 Å². The minimum Gasteiger partial charge on any atom is -0.493 e. The van der Waals surface area contributed by atoms with Gasteiger partial charge >= 0.3 is 0 Å². The van der Waals surface area contributed by atoms with E-state index >= 15 is 0 Å². The molecule has 0 N–H and O–H groups in total. The lowest BCUT2D eigenvalue weighted by Gasteiger charge is -2.44. The van der Waals surface area contributed by atoms with E-state index in [9.17, 15) is 9.59 Å². The lowest BCUT2D eigenvalue weighted by molar-refractivity contribution is -0.117. The standard InChI is InChI=1S/C30H30Cl3NO4/c1-3-12-34-22-6-4-8-24(35)28(22)27(29-23(34)7-5-9-25(29)36)18-14-21(33)30(26(15-18)37-2)38-16-17-10-11-19(31)20(32)13-17/h10-11,13-15,27H,3-9,12,16H2,1-2H3. The van der Waals surface area contributed by atoms with E-state index in [2.05, 4.69) is 11.8 Å². The molecule has 5 rings (SSSR count). The van der Waals surface area contributed by atoms with Crippen molar-refractivity contribution in [3.63, 3.8) is 0 Å². The van der Waals surface area contributed by atoms with Gasteiger partial charge in [-0.1, -0.05) is 47.8 Å². The fourth-order valence-electron chi connectivity index (χ4n) is 5.87. The van der Waals surface area contributed by atoms with Crippen LogP contribution in [0.5, 0.6) is 11.5 Å². The third kappa shape index (κ3) is 4.97. The predicted molar refractivity (Wildman–Crippen MR) is 150 cm³/mol. The molecule has 3 aliphatic rings. The third-order valence-electron chi connectivity index (χ3n) is 7.49. The molecule has 200 valence electrons. The van der Waals surface area contributed by atoms with E-state index in [0.29, 0.717) is 39.4 Å². The largest absolute Gasteiger partial charge is 0.493 e. The summed E-state index contributed by atoms with van der Waals surface area (Å²) in [7, 11) is 1.55. The van der Waals surface area contributed by atoms with Crippen molar-refractivity contribution in [3.05, 3.63) is 79.1 Å². The van der Waals surface area contributed by atoms with Crippen molar-refractivity contribution in [3.8, 4) is 11.5 Å². The molecule has 0 saturated carbocycles. The van der Waals surface area contributed by atoms with Gasteiger partial charge in [0.25, 0.3) is 0 Å². The average Bonchev–Trinajstić information content (AvgIpc) is 2.90. The topological polar surface area (TPSA) is 55.8 Å². The van der Waals surface area contributed by atoms with Crippen LogP contribution in [0.4, 0.5) is 0 Å². The second-order valence-electron chi connectivity index (χ2n) is 9.93. The van der Waals surface area contributed by atoms with Gasteiger partial charge in [-0.05, 0) is 67.5 Å². The van der Waals surface area contributed by atoms with E-state index in [-0.39, 0.29) is 18.2 Å². The van der Waals surface area contributed by atoms with E-state index in [1.165, 1.54) is 0 Å². The Morgan fingerprint density at radius 1 is 0.868 bits per heavy atom. The van der Waals surface area contributed by atoms with E-state index in [1.54, 1.807) is 19.2 Å². The van der Waals surface area contributed by atoms with Crippen molar-refractivity contribution in [2.24, 2.45) is 0 Å². The summed E-state index contributed by atoms with van der Waals surface area (Å²) in [6, 6.07) is 8.96. The summed E-state index contributed by atoms with van der Waals surface area (Å²) in [5.41, 5.74) is 5.21. The van der Waals surface area contributed by atoms with Gasteiger partial charge < -0.3 is 14.4 Å². The Morgan fingerprint density at radius 2 is 1.53 bits per heavy atom. The summed E-state index contributed by atoms with van der Waals surface area (Å²) in [6.45, 7) is 3.14. The Morgan fingerprint density at radius 3 is 2.11 bits per heavy atom. The summed E-state index contributed by atoms with van der Waals surface area (Å²) in [6.07, 6.45) is 5.23. The first-order valence-electron chi connectivity index (χ1n) is 13.1. The van der Waals surface area contributed by atoms with Crippen LogP contribution in [0.2, 0.25) is 15.1 Å². The van der Waals surface area contributed by atoms with Gasteiger partial charge in [0.2, 0.25) is 0 Å². The van der Waals surface area contributed by atoms with Crippen LogP contribution in [0.1, 0.15) is 68.9 Å². The number of hydrogen-bond acceptors (Lipinski definition) is 5. The first-order valence-corrected chi connectivity index (χ1v) is 14.2. The zero-order valence-electron chi connectivity index (χ0n) is 21.5. The van der Waals surface area contributed by atoms with Crippen LogP contribution in [0.15, 0.2) is 52.9 Å². The Labute approximate surface area is 238 Å². The van der Waals surface area contributed by atoms with E-state index < -0.39 is 5.92 Å². The summed E-state index contributed by atoms with van der Waals surface area (Å²) in [5.74, 6) is 0.596. The van der Waals surface area contributed by atoms with Gasteiger partial charge in [-0.3, -0.25) is 9.59 Å². The maximum atomic E-state index is 13.4. The second-order valence-corrected chi connectivity index (χ2v) is 11.2. The first-order chi connectivity index (χ1) is 18.3. The summed E-state index contributed by atoms with van der Waals surface area (Å²) in [4.78, 5) is 29.1. The van der Waals surface area contributed by atoms with Crippen molar-refractivity contribution in [2.45, 2.75) is 64.4 Å². The van der Waals surface area contributed by atoms with Crippen LogP contribution in [-0.2, 0) is 16.2 Å². The van der Waals surface area contributed by atoms with E-state index in [0.717, 1.165) is 72.3 Å². The lowest BCUT2D eigenvalue weighted by atomic mass is 9.71. The maximum Gasteiger partial charge on any atom is 0.180 e. The van der Waals surface area contributed by atoms with Gasteiger partial charge in [0.1, 0.15) is 6.61 Å². The van der Waals surface area contributed by atoms with Crippen molar-refractivity contribution in [1.29, 1.82) is 0 Å². The van der Waals surface area contributed by atoms with Crippen LogP contribution >= 0.6 is 34.8 Å². The Hall–Kier alpha value is -2.47. The monoisotopic (exact) mass is 573 g/mol. The molecule has 0 aromatic heterocycles. The van der Waals surface area contributed by atoms with Crippen molar-refractivity contribution in [2.75, 3.05) is 13.7 Å². The molecule has 2 aromatic rings. The highest BCUT2D eigenvalue weighted by Gasteiger charge is 2.43. The van der Waals surface area contributed by atoms with Crippen LogP contribution in [0.25, 0.3) is 0 Å². The second kappa shape index (κ2) is 11.3. The van der Waals surface area contributed by atoms with Crippen LogP contribution in [0.3, 0.4) is 0 Å². The molecule has 1 heterocycles. The van der Waals surface area contributed by atoms with Crippen LogP contribution in [-0.4, -0.2) is 30.1 Å². The number of hydrogen-bond donors (Lipinski definition) is 0. The molecule has 0 fully saturated rings. The van der Waals surface area contributed by atoms with Gasteiger partial charge in [0.05, 0.1) is 22.2 Å². The number of ether oxygens (including phenoxy) is 2. The highest BCUT2D eigenvalue weighted by molar-refractivity contribution is 6.42. The van der Waals surface area contributed by atoms with Crippen molar-refractivity contribution in [1.82, 2.24) is 4.90 Å². The fourth-order valence-corrected chi connectivity index (χ4v) is 6.47. The molecule has 0 atom stereocenters. The number of carbonyl (C=O) groups is 2. The molecule has 8 heteroatoms. The fraction of sp³-hybridized carbons (Fsp3) is 0.400. The average molecular weight is 575 g/mol. The summed E-state index contributed by atoms with van der Waals surface area (Å²) >= 11 is 19.0. The molecule has 0 radical (unpaired) electrons. The van der Waals surface area contributed by atoms with Crippen molar-refractivity contribution < 1.29 is 19.1 Å². The zero-order valence-corrected chi connectivity index (χ0v) is 23.8. The number of rotatable bonds is 7. The molecule has 1 aliphatic heterocycles. The third-order valence-corrected chi connectivity index (χ3v) is 8.51. The van der Waals surface area contributed by atoms with Crippen LogP contribution < -0.4 is 9.47 Å². The van der Waals surface area contributed by atoms with Crippen molar-refractivity contribution >= 4 is 46.4 Å². The first kappa shape index (κ1) is 27.1. The molecule has 0 bridgehead atoms. The number of allylic oxidation sites excluding steroid dienone is 4. The highest BCUT2D eigenvalue weighted by atomic mass is 35.5. The maximum absolute atomic E-state index is 13.4. The number of carbonyl (C=O) groups excluding carboxylic acids is 2. The summed E-state index contributed by atoms with van der Waals surface area (Å²) in [5, 5.41) is 1.27. The zero-order chi connectivity index (χ0) is 27.0. The lowest BCUT2D eigenvalue weighted by Crippen LogP contribution is -2.39. The van der Waals surface area contributed by atoms with Gasteiger partial charge in [0.15, 0.2) is 23.1 Å². The number of benzene rings is 2. The molecule has 0 saturated heterocycles. The quantitative estimate of drug-likeness (QED) is 0.335. The number of halogens is 3. The van der Waals surface area contributed by atoms with Gasteiger partial charge in [0, 0.05) is 47.8 Å². The number of methoxy groups -OCH3 is 1. The molecule has 5 nitrogen and oxygen atoms in total. The molecule has 2 aliphatic carbocycles. The van der Waals surface area contributed by atoms with E-state index in [4.69, 9.17) is 44.3 Å².